The van der Waals surface area contributed by atoms with Gasteiger partial charge in [-0.15, -0.1) is 0 Å². The molecule has 0 aromatic heterocycles. The number of ether oxygens (including phenoxy) is 1. The van der Waals surface area contributed by atoms with Crippen LogP contribution >= 0.6 is 22.6 Å². The van der Waals surface area contributed by atoms with E-state index in [1.54, 1.807) is 26.8 Å². The number of aromatic carboxylic acids is 1. The van der Waals surface area contributed by atoms with Gasteiger partial charge in [0.25, 0.3) is 0 Å². The highest BCUT2D eigenvalue weighted by atomic mass is 127. The van der Waals surface area contributed by atoms with Gasteiger partial charge in [0.1, 0.15) is 18.7 Å². The summed E-state index contributed by atoms with van der Waals surface area (Å²) in [6, 6.07) is 17.2. The second kappa shape index (κ2) is 12.7. The van der Waals surface area contributed by atoms with Gasteiger partial charge < -0.3 is 25.8 Å². The Morgan fingerprint density at radius 2 is 1.46 bits per heavy atom. The number of carbonyl (C=O) groups excluding carboxylic acids is 3. The minimum atomic E-state index is -1.11. The van der Waals surface area contributed by atoms with Gasteiger partial charge in [0.05, 0.1) is 14.8 Å². The van der Waals surface area contributed by atoms with E-state index in [1.165, 1.54) is 13.0 Å². The van der Waals surface area contributed by atoms with Crippen LogP contribution in [-0.2, 0) is 14.3 Å². The number of benzene rings is 3. The number of nitrogens with one attached hydrogen (secondary N) is 3. The average Bonchev–Trinajstić information content (AvgIpc) is 3.25. The van der Waals surface area contributed by atoms with Crippen LogP contribution in [0.4, 0.5) is 10.5 Å². The van der Waals surface area contributed by atoms with Crippen molar-refractivity contribution in [2.24, 2.45) is 5.92 Å². The summed E-state index contributed by atoms with van der Waals surface area (Å²) in [5.74, 6) is -2.58. The molecule has 0 spiro atoms. The second-order valence-corrected chi connectivity index (χ2v) is 11.4. The molecule has 0 unspecified atom stereocenters. The number of carboxylic acid groups (broad SMARTS) is 1. The van der Waals surface area contributed by atoms with Gasteiger partial charge in [-0.2, -0.15) is 0 Å². The lowest BCUT2D eigenvalue weighted by atomic mass is 9.98. The molecule has 3 aromatic carbocycles. The van der Waals surface area contributed by atoms with E-state index in [4.69, 9.17) is 4.74 Å². The monoisotopic (exact) mass is 669 g/mol. The van der Waals surface area contributed by atoms with Crippen molar-refractivity contribution in [2.75, 3.05) is 11.9 Å². The van der Waals surface area contributed by atoms with E-state index in [9.17, 15) is 24.3 Å². The van der Waals surface area contributed by atoms with Crippen molar-refractivity contribution < 1.29 is 29.0 Å². The molecular formula is C31H32IN3O6. The fourth-order valence-corrected chi connectivity index (χ4v) is 5.86. The van der Waals surface area contributed by atoms with Crippen LogP contribution in [0.1, 0.15) is 53.7 Å². The topological polar surface area (TPSA) is 134 Å². The number of fused-ring (bicyclic) bond motifs is 3. The van der Waals surface area contributed by atoms with Crippen LogP contribution in [0.25, 0.3) is 11.1 Å². The minimum absolute atomic E-state index is 0.0651. The maximum Gasteiger partial charge on any atom is 0.407 e. The van der Waals surface area contributed by atoms with Crippen molar-refractivity contribution in [3.8, 4) is 11.1 Å². The molecule has 2 atom stereocenters. The summed E-state index contributed by atoms with van der Waals surface area (Å²) >= 11 is 1.87. The Hall–Kier alpha value is -3.93. The lowest BCUT2D eigenvalue weighted by Crippen LogP contribution is -2.53. The molecule has 0 saturated heterocycles. The number of anilines is 1. The Morgan fingerprint density at radius 3 is 2.02 bits per heavy atom. The molecular weight excluding hydrogens is 637 g/mol. The molecule has 0 aliphatic heterocycles. The summed E-state index contributed by atoms with van der Waals surface area (Å²) < 4.78 is 5.99. The molecule has 214 valence electrons. The van der Waals surface area contributed by atoms with E-state index in [1.807, 2.05) is 59.0 Å². The van der Waals surface area contributed by atoms with Crippen LogP contribution in [0, 0.1) is 16.4 Å². The molecule has 1 aliphatic carbocycles. The van der Waals surface area contributed by atoms with Crippen LogP contribution in [-0.4, -0.2) is 47.7 Å². The normalized spacial score (nSPS) is 13.5. The number of alkyl carbamates (subject to hydrolysis) is 1. The highest BCUT2D eigenvalue weighted by Crippen LogP contribution is 2.44. The number of carbonyl (C=O) groups is 4. The zero-order valence-corrected chi connectivity index (χ0v) is 25.3. The summed E-state index contributed by atoms with van der Waals surface area (Å²) in [5, 5.41) is 17.4. The van der Waals surface area contributed by atoms with Crippen LogP contribution < -0.4 is 16.0 Å². The average molecular weight is 670 g/mol. The van der Waals surface area contributed by atoms with Crippen molar-refractivity contribution in [3.05, 3.63) is 86.5 Å². The molecule has 41 heavy (non-hydrogen) atoms. The summed E-state index contributed by atoms with van der Waals surface area (Å²) in [6.07, 6.45) is -0.728. The van der Waals surface area contributed by atoms with Gasteiger partial charge in [-0.3, -0.25) is 9.59 Å². The Bertz CT molecular complexity index is 1460. The lowest BCUT2D eigenvalue weighted by molar-refractivity contribution is -0.128. The summed E-state index contributed by atoms with van der Waals surface area (Å²) in [7, 11) is 0. The molecule has 0 bridgehead atoms. The smallest absolute Gasteiger partial charge is 0.407 e. The minimum Gasteiger partial charge on any atom is -0.478 e. The number of hydrogen-bond acceptors (Lipinski definition) is 5. The molecule has 0 saturated carbocycles. The molecule has 0 radical (unpaired) electrons. The van der Waals surface area contributed by atoms with Gasteiger partial charge in [-0.05, 0) is 76.2 Å². The number of halogens is 1. The third kappa shape index (κ3) is 6.53. The van der Waals surface area contributed by atoms with Crippen molar-refractivity contribution in [1.82, 2.24) is 10.6 Å². The fourth-order valence-electron chi connectivity index (χ4n) is 4.89. The van der Waals surface area contributed by atoms with Crippen LogP contribution in [0.15, 0.2) is 60.7 Å². The zero-order valence-electron chi connectivity index (χ0n) is 23.2. The van der Waals surface area contributed by atoms with E-state index in [2.05, 4.69) is 28.1 Å². The fraction of sp³-hybridized carbons (Fsp3) is 0.290. The predicted octanol–water partition coefficient (Wildman–Crippen LogP) is 5.30. The van der Waals surface area contributed by atoms with E-state index in [0.29, 0.717) is 14.8 Å². The molecule has 3 amide bonds. The Labute approximate surface area is 252 Å². The maximum atomic E-state index is 13.1. The van der Waals surface area contributed by atoms with E-state index in [-0.39, 0.29) is 24.0 Å². The van der Waals surface area contributed by atoms with Gasteiger partial charge in [0.15, 0.2) is 0 Å². The third-order valence-electron chi connectivity index (χ3n) is 7.15. The molecule has 3 aromatic rings. The Kier molecular flexibility index (Phi) is 9.31. The van der Waals surface area contributed by atoms with Gasteiger partial charge >= 0.3 is 12.1 Å². The number of rotatable bonds is 9. The first-order chi connectivity index (χ1) is 19.5. The number of hydrogen-bond donors (Lipinski definition) is 4. The van der Waals surface area contributed by atoms with E-state index >= 15 is 0 Å². The molecule has 4 N–H and O–H groups in total. The SMILES string of the molecule is Cc1ccc(C(=O)O)c(I)c1NC(=O)[C@H](C)NC(=O)[C@@H](NC(=O)OCC1c2ccccc2-c2ccccc21)C(C)C. The third-order valence-corrected chi connectivity index (χ3v) is 8.27. The van der Waals surface area contributed by atoms with Crippen molar-refractivity contribution >= 4 is 52.2 Å². The summed E-state index contributed by atoms with van der Waals surface area (Å²) in [5.41, 5.74) is 5.51. The Morgan fingerprint density at radius 1 is 0.878 bits per heavy atom. The van der Waals surface area contributed by atoms with Gasteiger partial charge in [-0.25, -0.2) is 9.59 Å². The van der Waals surface area contributed by atoms with E-state index < -0.39 is 36.0 Å². The first-order valence-electron chi connectivity index (χ1n) is 13.2. The number of aryl methyl sites for hydroxylation is 1. The second-order valence-electron chi connectivity index (χ2n) is 10.3. The molecule has 0 fully saturated rings. The number of amides is 3. The first kappa shape index (κ1) is 30.0. The predicted molar refractivity (Wildman–Crippen MR) is 164 cm³/mol. The van der Waals surface area contributed by atoms with Crippen molar-refractivity contribution in [3.63, 3.8) is 0 Å². The highest BCUT2D eigenvalue weighted by Gasteiger charge is 2.31. The zero-order chi connectivity index (χ0) is 29.8. The molecule has 4 rings (SSSR count). The van der Waals surface area contributed by atoms with Crippen molar-refractivity contribution in [1.29, 1.82) is 0 Å². The quantitative estimate of drug-likeness (QED) is 0.229. The highest BCUT2D eigenvalue weighted by molar-refractivity contribution is 14.1. The molecule has 1 aliphatic rings. The lowest BCUT2D eigenvalue weighted by Gasteiger charge is -2.24. The molecule has 9 nitrogen and oxygen atoms in total. The maximum absolute atomic E-state index is 13.1. The van der Waals surface area contributed by atoms with Crippen molar-refractivity contribution in [2.45, 2.75) is 45.7 Å². The molecule has 0 heterocycles. The standard InChI is InChI=1S/C31H32IN3O6/c1-16(2)26(29(37)33-18(4)28(36)34-27-17(3)13-14-23(25(27)32)30(38)39)35-31(40)41-15-24-21-11-7-5-9-19(21)20-10-6-8-12-22(20)24/h5-14,16,18,24,26H,15H2,1-4H3,(H,33,37)(H,34,36)(H,35,40)(H,38,39)/t18-,26-/m0/s1. The Balaban J connectivity index is 1.37. The van der Waals surface area contributed by atoms with E-state index in [0.717, 1.165) is 22.3 Å². The van der Waals surface area contributed by atoms with Gasteiger partial charge in [-0.1, -0.05) is 68.4 Å². The largest absolute Gasteiger partial charge is 0.478 e. The number of carboxylic acids is 1. The van der Waals surface area contributed by atoms with Crippen LogP contribution in [0.3, 0.4) is 0 Å². The first-order valence-corrected chi connectivity index (χ1v) is 14.3. The summed E-state index contributed by atoms with van der Waals surface area (Å²) in [6.45, 7) is 6.93. The van der Waals surface area contributed by atoms with Crippen LogP contribution in [0.2, 0.25) is 0 Å². The van der Waals surface area contributed by atoms with Gasteiger partial charge in [0, 0.05) is 5.92 Å². The molecule has 10 heteroatoms. The summed E-state index contributed by atoms with van der Waals surface area (Å²) in [4.78, 5) is 50.3. The van der Waals surface area contributed by atoms with Gasteiger partial charge in [0.2, 0.25) is 11.8 Å². The van der Waals surface area contributed by atoms with Crippen LogP contribution in [0.5, 0.6) is 0 Å².